The number of fused-ring (bicyclic) bond motifs is 1. The zero-order valence-corrected chi connectivity index (χ0v) is 24.8. The average Bonchev–Trinajstić information content (AvgIpc) is 2.90. The number of phenolic OH excluding ortho intramolecular Hbond substituents is 2. The molecule has 2 aromatic carbocycles. The van der Waals surface area contributed by atoms with Crippen LogP contribution in [0.5, 0.6) is 17.2 Å². The van der Waals surface area contributed by atoms with E-state index < -0.39 is 40.5 Å². The van der Waals surface area contributed by atoms with Gasteiger partial charge >= 0.3 is 12.1 Å². The van der Waals surface area contributed by atoms with Crippen molar-refractivity contribution < 1.29 is 45.3 Å². The van der Waals surface area contributed by atoms with Crippen molar-refractivity contribution in [1.29, 1.82) is 0 Å². The Morgan fingerprint density at radius 3 is 1.98 bits per heavy atom. The molecule has 1 aliphatic rings. The molecular formula is C31H41F5O5S. The summed E-state index contributed by atoms with van der Waals surface area (Å²) in [6.07, 6.45) is -0.155. The van der Waals surface area contributed by atoms with Gasteiger partial charge in [-0.25, -0.2) is 8.42 Å². The van der Waals surface area contributed by atoms with Crippen molar-refractivity contribution in [3.63, 3.8) is 0 Å². The van der Waals surface area contributed by atoms with E-state index in [1.807, 2.05) is 18.2 Å². The Kier molecular flexibility index (Phi) is 11.5. The lowest BCUT2D eigenvalue weighted by Crippen LogP contribution is -2.40. The summed E-state index contributed by atoms with van der Waals surface area (Å²) >= 11 is 0. The number of phenols is 2. The van der Waals surface area contributed by atoms with Gasteiger partial charge in [-0.1, -0.05) is 70.1 Å². The third kappa shape index (κ3) is 9.22. The number of rotatable bonds is 16. The minimum Gasteiger partial charge on any atom is -0.508 e. The van der Waals surface area contributed by atoms with E-state index in [-0.39, 0.29) is 28.6 Å². The van der Waals surface area contributed by atoms with Crippen LogP contribution in [0.3, 0.4) is 0 Å². The summed E-state index contributed by atoms with van der Waals surface area (Å²) in [6.45, 7) is 2.62. The molecule has 1 heterocycles. The fourth-order valence-electron chi connectivity index (χ4n) is 5.70. The number of aromatic hydroxyl groups is 2. The van der Waals surface area contributed by atoms with Gasteiger partial charge in [0.15, 0.2) is 0 Å². The Morgan fingerprint density at radius 1 is 0.810 bits per heavy atom. The molecule has 2 atom stereocenters. The lowest BCUT2D eigenvalue weighted by Gasteiger charge is -2.43. The molecule has 1 aliphatic heterocycles. The molecule has 2 N–H and O–H groups in total. The van der Waals surface area contributed by atoms with Gasteiger partial charge in [-0.3, -0.25) is 0 Å². The highest BCUT2D eigenvalue weighted by molar-refractivity contribution is 7.91. The number of hydrogen-bond donors (Lipinski definition) is 2. The van der Waals surface area contributed by atoms with Crippen molar-refractivity contribution >= 4 is 9.84 Å². The van der Waals surface area contributed by atoms with Crippen molar-refractivity contribution in [1.82, 2.24) is 0 Å². The lowest BCUT2D eigenvalue weighted by molar-refractivity contribution is -0.284. The molecule has 0 unspecified atom stereocenters. The highest BCUT2D eigenvalue weighted by atomic mass is 32.2. The molecule has 2 aromatic rings. The number of unbranched alkanes of at least 4 members (excludes halogenated alkanes) is 7. The SMILES string of the molecule is C[C@]1(c2ccc(O)cc2)COc2cc(O)ccc2[C@H]1CCCCCCCCCCS(=O)(=O)CCCC(F)(F)C(F)(F)F. The number of halogens is 5. The molecule has 0 bridgehead atoms. The second-order valence-electron chi connectivity index (χ2n) is 11.6. The molecule has 0 aromatic heterocycles. The summed E-state index contributed by atoms with van der Waals surface area (Å²) in [4.78, 5) is 0. The molecule has 0 saturated heterocycles. The molecule has 236 valence electrons. The van der Waals surface area contributed by atoms with Crippen molar-refractivity contribution in [2.24, 2.45) is 0 Å². The molecule has 0 aliphatic carbocycles. The minimum absolute atomic E-state index is 0.156. The van der Waals surface area contributed by atoms with Crippen LogP contribution in [-0.4, -0.2) is 48.8 Å². The van der Waals surface area contributed by atoms with Crippen molar-refractivity contribution in [2.75, 3.05) is 18.1 Å². The van der Waals surface area contributed by atoms with Gasteiger partial charge in [-0.15, -0.1) is 0 Å². The monoisotopic (exact) mass is 620 g/mol. The Hall–Kier alpha value is -2.56. The highest BCUT2D eigenvalue weighted by Crippen LogP contribution is 2.49. The van der Waals surface area contributed by atoms with Crippen LogP contribution < -0.4 is 4.74 Å². The first kappa shape index (κ1) is 33.9. The van der Waals surface area contributed by atoms with Gasteiger partial charge in [-0.2, -0.15) is 22.0 Å². The van der Waals surface area contributed by atoms with Crippen LogP contribution in [0.25, 0.3) is 0 Å². The molecule has 11 heteroatoms. The molecule has 0 fully saturated rings. The van der Waals surface area contributed by atoms with E-state index in [4.69, 9.17) is 4.74 Å². The first-order valence-electron chi connectivity index (χ1n) is 14.5. The van der Waals surface area contributed by atoms with Crippen LogP contribution >= 0.6 is 0 Å². The number of ether oxygens (including phenoxy) is 1. The summed E-state index contributed by atoms with van der Waals surface area (Å²) in [5.41, 5.74) is 1.82. The normalized spacial score (nSPS) is 19.3. The van der Waals surface area contributed by atoms with Gasteiger partial charge in [0.25, 0.3) is 0 Å². The van der Waals surface area contributed by atoms with Gasteiger partial charge in [0.1, 0.15) is 27.1 Å². The maximum absolute atomic E-state index is 13.0. The Labute approximate surface area is 245 Å². The van der Waals surface area contributed by atoms with Gasteiger partial charge in [-0.05, 0) is 48.6 Å². The predicted molar refractivity (Wildman–Crippen MR) is 152 cm³/mol. The van der Waals surface area contributed by atoms with Gasteiger partial charge in [0, 0.05) is 23.8 Å². The standard InChI is InChI=1S/C31H41F5O5S/c1-29(23-12-14-24(37)15-13-23)22-41-28-21-25(38)16-17-26(28)27(29)11-8-6-4-2-3-5-7-9-19-42(39,40)20-10-18-30(32,33)31(34,35)36/h12-17,21,27,37-38H,2-11,18-20,22H2,1H3/t27-,29-/m1/s1. The molecule has 5 nitrogen and oxygen atoms in total. The topological polar surface area (TPSA) is 83.8 Å². The van der Waals surface area contributed by atoms with Crippen LogP contribution in [0, 0.1) is 0 Å². The van der Waals surface area contributed by atoms with Crippen LogP contribution in [0.4, 0.5) is 22.0 Å². The molecule has 0 saturated carbocycles. The van der Waals surface area contributed by atoms with Gasteiger partial charge in [0.05, 0.1) is 18.1 Å². The van der Waals surface area contributed by atoms with Crippen LogP contribution in [0.1, 0.15) is 94.6 Å². The molecule has 0 spiro atoms. The second-order valence-corrected chi connectivity index (χ2v) is 13.9. The third-order valence-corrected chi connectivity index (χ3v) is 10.1. The first-order chi connectivity index (χ1) is 19.6. The zero-order chi connectivity index (χ0) is 31.0. The van der Waals surface area contributed by atoms with Crippen molar-refractivity contribution in [2.45, 2.75) is 101 Å². The van der Waals surface area contributed by atoms with E-state index in [0.717, 1.165) is 56.1 Å². The van der Waals surface area contributed by atoms with Crippen molar-refractivity contribution in [3.8, 4) is 17.2 Å². The molecule has 42 heavy (non-hydrogen) atoms. The minimum atomic E-state index is -5.66. The van der Waals surface area contributed by atoms with Gasteiger partial charge in [0.2, 0.25) is 0 Å². The maximum Gasteiger partial charge on any atom is 0.453 e. The number of benzene rings is 2. The summed E-state index contributed by atoms with van der Waals surface area (Å²) in [7, 11) is -3.66. The Morgan fingerprint density at radius 2 is 1.36 bits per heavy atom. The first-order valence-corrected chi connectivity index (χ1v) is 16.4. The second kappa shape index (κ2) is 14.3. The smallest absolute Gasteiger partial charge is 0.453 e. The van der Waals surface area contributed by atoms with E-state index in [1.165, 1.54) is 0 Å². The Bertz CT molecular complexity index is 1250. The summed E-state index contributed by atoms with van der Waals surface area (Å²) < 4.78 is 92.6. The van der Waals surface area contributed by atoms with E-state index in [2.05, 4.69) is 6.92 Å². The zero-order valence-electron chi connectivity index (χ0n) is 23.9. The van der Waals surface area contributed by atoms with E-state index in [9.17, 15) is 40.6 Å². The Balaban J connectivity index is 1.37. The number of alkyl halides is 5. The molecule has 0 radical (unpaired) electrons. The van der Waals surface area contributed by atoms with E-state index in [0.29, 0.717) is 25.2 Å². The summed E-state index contributed by atoms with van der Waals surface area (Å²) in [6, 6.07) is 12.5. The maximum atomic E-state index is 13.0. The summed E-state index contributed by atoms with van der Waals surface area (Å²) in [5.74, 6) is -4.52. The van der Waals surface area contributed by atoms with Crippen LogP contribution in [0.2, 0.25) is 0 Å². The van der Waals surface area contributed by atoms with Crippen LogP contribution in [-0.2, 0) is 15.3 Å². The fourth-order valence-corrected chi connectivity index (χ4v) is 7.13. The summed E-state index contributed by atoms with van der Waals surface area (Å²) in [5, 5.41) is 19.7. The molecule has 3 rings (SSSR count). The van der Waals surface area contributed by atoms with E-state index >= 15 is 0 Å². The van der Waals surface area contributed by atoms with Crippen LogP contribution in [0.15, 0.2) is 42.5 Å². The highest BCUT2D eigenvalue weighted by Gasteiger charge is 2.56. The van der Waals surface area contributed by atoms with E-state index in [1.54, 1.807) is 24.3 Å². The lowest BCUT2D eigenvalue weighted by atomic mass is 9.66. The molecular weight excluding hydrogens is 579 g/mol. The predicted octanol–water partition coefficient (Wildman–Crippen LogP) is 8.44. The van der Waals surface area contributed by atoms with Gasteiger partial charge < -0.3 is 14.9 Å². The average molecular weight is 621 g/mol. The number of sulfone groups is 1. The largest absolute Gasteiger partial charge is 0.508 e. The number of hydrogen-bond acceptors (Lipinski definition) is 5. The van der Waals surface area contributed by atoms with Crippen molar-refractivity contribution in [3.05, 3.63) is 53.6 Å². The fraction of sp³-hybridized carbons (Fsp3) is 0.613. The molecule has 0 amide bonds. The third-order valence-electron chi connectivity index (χ3n) is 8.25. The quantitative estimate of drug-likeness (QED) is 0.145.